The summed E-state index contributed by atoms with van der Waals surface area (Å²) in [5.41, 5.74) is 5.89. The van der Waals surface area contributed by atoms with Gasteiger partial charge in [-0.1, -0.05) is 19.9 Å². The van der Waals surface area contributed by atoms with Crippen molar-refractivity contribution < 1.29 is 28.7 Å². The molecule has 1 rings (SSSR count). The van der Waals surface area contributed by atoms with Crippen molar-refractivity contribution in [1.29, 1.82) is 0 Å². The molecule has 0 bridgehead atoms. The van der Waals surface area contributed by atoms with Gasteiger partial charge in [-0.05, 0) is 43.9 Å². The molecule has 27 heavy (non-hydrogen) atoms. The third kappa shape index (κ3) is 8.17. The lowest BCUT2D eigenvalue weighted by Gasteiger charge is -2.28. The topological polar surface area (TPSA) is 152 Å². The number of nitrogens with two attached hydrogens (primary N) is 1. The molecule has 5 N–H and O–H groups in total. The Balaban J connectivity index is 2.81. The highest BCUT2D eigenvalue weighted by atomic mass is 31.2. The lowest BCUT2D eigenvalue weighted by Crippen LogP contribution is -2.41. The van der Waals surface area contributed by atoms with Crippen LogP contribution in [-0.2, 0) is 25.1 Å². The molecule has 2 unspecified atom stereocenters. The van der Waals surface area contributed by atoms with E-state index in [1.165, 1.54) is 0 Å². The van der Waals surface area contributed by atoms with Crippen LogP contribution in [0.3, 0.4) is 0 Å². The minimum atomic E-state index is -4.44. The second-order valence-corrected chi connectivity index (χ2v) is 8.43. The number of aliphatic carboxylic acids is 1. The van der Waals surface area contributed by atoms with E-state index < -0.39 is 37.3 Å². The number of nitrogens with zero attached hydrogens (tertiary/aromatic N) is 1. The predicted molar refractivity (Wildman–Crippen MR) is 99.9 cm³/mol. The van der Waals surface area contributed by atoms with Gasteiger partial charge in [0.2, 0.25) is 5.91 Å². The van der Waals surface area contributed by atoms with Crippen LogP contribution in [-0.4, -0.2) is 45.3 Å². The second-order valence-electron chi connectivity index (χ2n) is 6.54. The van der Waals surface area contributed by atoms with Crippen molar-refractivity contribution in [3.8, 4) is 0 Å². The summed E-state index contributed by atoms with van der Waals surface area (Å²) in [4.78, 5) is 38.0. The number of rotatable bonds is 12. The maximum atomic E-state index is 12.7. The summed E-state index contributed by atoms with van der Waals surface area (Å²) >= 11 is 0. The van der Waals surface area contributed by atoms with Gasteiger partial charge in [-0.25, -0.2) is 4.79 Å². The van der Waals surface area contributed by atoms with Crippen molar-refractivity contribution >= 4 is 19.5 Å². The molecule has 1 amide bonds. The number of nitrogens with one attached hydrogen (secondary N) is 1. The van der Waals surface area contributed by atoms with Gasteiger partial charge in [0.25, 0.3) is 0 Å². The molecule has 3 atom stereocenters. The first-order chi connectivity index (χ1) is 12.7. The van der Waals surface area contributed by atoms with Crippen LogP contribution in [0.5, 0.6) is 0 Å². The first-order valence-electron chi connectivity index (χ1n) is 8.80. The van der Waals surface area contributed by atoms with E-state index in [1.807, 2.05) is 0 Å². The predicted octanol–water partition coefficient (Wildman–Crippen LogP) is 1.51. The number of carbonyl (C=O) groups is 2. The fourth-order valence-electron chi connectivity index (χ4n) is 2.45. The summed E-state index contributed by atoms with van der Waals surface area (Å²) in [6.07, 6.45) is 1.12. The molecule has 0 aromatic carbocycles. The van der Waals surface area contributed by atoms with Crippen LogP contribution in [0.15, 0.2) is 24.4 Å². The van der Waals surface area contributed by atoms with E-state index >= 15 is 0 Å². The van der Waals surface area contributed by atoms with Crippen molar-refractivity contribution in [3.63, 3.8) is 0 Å². The highest BCUT2D eigenvalue weighted by molar-refractivity contribution is 7.53. The minimum Gasteiger partial charge on any atom is -0.479 e. The molecule has 10 heteroatoms. The molecule has 0 aliphatic heterocycles. The van der Waals surface area contributed by atoms with Gasteiger partial charge >= 0.3 is 13.6 Å². The van der Waals surface area contributed by atoms with Crippen LogP contribution in [0, 0.1) is 5.92 Å². The van der Waals surface area contributed by atoms with E-state index in [0.717, 1.165) is 0 Å². The van der Waals surface area contributed by atoms with E-state index in [-0.39, 0.29) is 12.8 Å². The molecule has 0 aliphatic rings. The number of pyridine rings is 1. The largest absolute Gasteiger partial charge is 0.479 e. The summed E-state index contributed by atoms with van der Waals surface area (Å²) < 4.78 is 17.8. The molecule has 9 nitrogen and oxygen atoms in total. The fourth-order valence-corrected chi connectivity index (χ4v) is 4.20. The van der Waals surface area contributed by atoms with Crippen molar-refractivity contribution in [2.45, 2.75) is 51.4 Å². The number of carboxylic acids is 1. The third-order valence-corrected chi connectivity index (χ3v) is 5.82. The first kappa shape index (κ1) is 23.2. The molecule has 1 aromatic rings. The number of hydrogen-bond acceptors (Lipinski definition) is 6. The van der Waals surface area contributed by atoms with E-state index in [9.17, 15) is 24.2 Å². The molecule has 0 radical (unpaired) electrons. The van der Waals surface area contributed by atoms with Gasteiger partial charge in [-0.3, -0.25) is 18.9 Å². The Hall–Kier alpha value is -1.80. The van der Waals surface area contributed by atoms with E-state index in [4.69, 9.17) is 10.3 Å². The zero-order valence-electron chi connectivity index (χ0n) is 15.6. The normalized spacial score (nSPS) is 15.7. The highest BCUT2D eigenvalue weighted by Crippen LogP contribution is 2.50. The third-order valence-electron chi connectivity index (χ3n) is 3.83. The maximum Gasteiger partial charge on any atom is 0.351 e. The van der Waals surface area contributed by atoms with Gasteiger partial charge in [-0.15, -0.1) is 0 Å². The summed E-state index contributed by atoms with van der Waals surface area (Å²) in [6.45, 7) is 3.67. The van der Waals surface area contributed by atoms with Crippen LogP contribution in [0.4, 0.5) is 0 Å². The van der Waals surface area contributed by atoms with E-state index in [2.05, 4.69) is 10.3 Å². The molecule has 1 heterocycles. The highest BCUT2D eigenvalue weighted by Gasteiger charge is 2.40. The minimum absolute atomic E-state index is 0.0593. The van der Waals surface area contributed by atoms with Gasteiger partial charge in [0.05, 0.1) is 6.42 Å². The Labute approximate surface area is 158 Å². The van der Waals surface area contributed by atoms with Gasteiger partial charge in [0.15, 0.2) is 6.10 Å². The smallest absolute Gasteiger partial charge is 0.351 e. The van der Waals surface area contributed by atoms with Gasteiger partial charge in [0.1, 0.15) is 5.78 Å². The molecule has 0 saturated carbocycles. The van der Waals surface area contributed by atoms with Gasteiger partial charge < -0.3 is 21.1 Å². The van der Waals surface area contributed by atoms with Gasteiger partial charge in [-0.2, -0.15) is 0 Å². The summed E-state index contributed by atoms with van der Waals surface area (Å²) in [5.74, 6) is -3.51. The Morgan fingerprint density at radius 2 is 2.04 bits per heavy atom. The van der Waals surface area contributed by atoms with Crippen LogP contribution in [0.25, 0.3) is 0 Å². The Morgan fingerprint density at radius 1 is 1.33 bits per heavy atom. The molecule has 0 fully saturated rings. The number of aromatic nitrogens is 1. The number of carboxylic acid groups (broad SMARTS) is 1. The fraction of sp³-hybridized carbons (Fsp3) is 0.588. The van der Waals surface area contributed by atoms with Crippen molar-refractivity contribution in [2.24, 2.45) is 11.7 Å². The number of amides is 1. The van der Waals surface area contributed by atoms with E-state index in [0.29, 0.717) is 25.1 Å². The Kier molecular flexibility index (Phi) is 9.59. The molecular formula is C17H28N3O6P. The van der Waals surface area contributed by atoms with Gasteiger partial charge in [0, 0.05) is 11.9 Å². The first-order valence-corrected chi connectivity index (χ1v) is 10.4. The molecule has 0 spiro atoms. The maximum absolute atomic E-state index is 12.7. The van der Waals surface area contributed by atoms with Crippen molar-refractivity contribution in [3.05, 3.63) is 30.1 Å². The average Bonchev–Trinajstić information content (AvgIpc) is 2.59. The molecular weight excluding hydrogens is 373 g/mol. The summed E-state index contributed by atoms with van der Waals surface area (Å²) in [7, 11) is -4.44. The summed E-state index contributed by atoms with van der Waals surface area (Å²) in [6, 6.07) is 5.11. The van der Waals surface area contributed by atoms with Crippen molar-refractivity contribution in [1.82, 2.24) is 10.3 Å². The summed E-state index contributed by atoms with van der Waals surface area (Å²) in [5, 5.41) is 11.7. The molecule has 1 aromatic heterocycles. The average molecular weight is 401 g/mol. The van der Waals surface area contributed by atoms with E-state index in [1.54, 1.807) is 38.2 Å². The zero-order chi connectivity index (χ0) is 20.4. The van der Waals surface area contributed by atoms with Crippen LogP contribution < -0.4 is 11.1 Å². The number of unbranched alkanes of at least 4 members (excludes halogenated alkanes) is 1. The molecule has 0 aliphatic carbocycles. The lowest BCUT2D eigenvalue weighted by molar-refractivity contribution is -0.145. The molecule has 152 valence electrons. The Morgan fingerprint density at radius 3 is 2.56 bits per heavy atom. The van der Waals surface area contributed by atoms with Crippen molar-refractivity contribution in [2.75, 3.05) is 6.54 Å². The standard InChI is InChI=1S/C17H28N3O6P/c1-12(2)16(20-15(21)11-13-7-4-6-10-19-13)27(24,25)26-14(17(22)23)8-3-5-9-18/h4,6-7,10,12,14,16H,3,5,8-9,11,18H2,1-2H3,(H,20,21)(H,22,23)(H,24,25)/t14-,16?/m0/s1. The number of hydrogen-bond donors (Lipinski definition) is 4. The van der Waals surface area contributed by atoms with Crippen LogP contribution >= 0.6 is 7.60 Å². The van der Waals surface area contributed by atoms with Crippen LogP contribution in [0.2, 0.25) is 0 Å². The lowest BCUT2D eigenvalue weighted by atomic mass is 10.1. The Bertz CT molecular complexity index is 655. The zero-order valence-corrected chi connectivity index (χ0v) is 16.5. The second kappa shape index (κ2) is 11.1. The number of carbonyl (C=O) groups excluding carboxylic acids is 1. The monoisotopic (exact) mass is 401 g/mol. The SMILES string of the molecule is CC(C)C(NC(=O)Cc1ccccn1)P(=O)(O)O[C@@H](CCCCN)C(=O)O. The quantitative estimate of drug-likeness (QED) is 0.304. The van der Waals surface area contributed by atoms with Crippen LogP contribution in [0.1, 0.15) is 38.8 Å². The molecule has 0 saturated heterocycles.